The van der Waals surface area contributed by atoms with Gasteiger partial charge in [0.25, 0.3) is 0 Å². The maximum absolute atomic E-state index is 13.1. The minimum absolute atomic E-state index is 0.0702. The fourth-order valence-electron chi connectivity index (χ4n) is 5.10. The first kappa shape index (κ1) is 17.9. The third-order valence-corrected chi connectivity index (χ3v) is 6.02. The monoisotopic (exact) mass is 349 g/mol. The Labute approximate surface area is 146 Å². The average Bonchev–Trinajstić information content (AvgIpc) is 2.97. The molecule has 0 spiro atoms. The summed E-state index contributed by atoms with van der Waals surface area (Å²) < 4.78 is 11.0. The summed E-state index contributed by atoms with van der Waals surface area (Å²) in [5.74, 6) is -4.34. The molecule has 0 saturated heterocycles. The van der Waals surface area contributed by atoms with E-state index in [9.17, 15) is 19.2 Å². The molecule has 2 bridgehead atoms. The number of ketones is 3. The molecule has 4 aliphatic rings. The summed E-state index contributed by atoms with van der Waals surface area (Å²) in [7, 11) is 2.75. The topological polar surface area (TPSA) is 90.0 Å². The molecule has 0 aromatic rings. The Kier molecular flexibility index (Phi) is 4.20. The van der Waals surface area contributed by atoms with Gasteiger partial charge in [-0.2, -0.15) is 0 Å². The average molecular weight is 349 g/mol. The fourth-order valence-corrected chi connectivity index (χ4v) is 5.10. The second-order valence-corrected chi connectivity index (χ2v) is 7.09. The van der Waals surface area contributed by atoms with Crippen molar-refractivity contribution in [3.63, 3.8) is 0 Å². The lowest BCUT2D eigenvalue weighted by Gasteiger charge is -2.57. The van der Waals surface area contributed by atoms with Crippen molar-refractivity contribution in [2.24, 2.45) is 23.7 Å². The molecule has 0 N–H and O–H groups in total. The Hall–Kier alpha value is -1.86. The van der Waals surface area contributed by atoms with E-state index >= 15 is 0 Å². The van der Waals surface area contributed by atoms with Gasteiger partial charge in [-0.1, -0.05) is 6.08 Å². The van der Waals surface area contributed by atoms with Crippen LogP contribution in [0, 0.1) is 23.7 Å². The second-order valence-electron chi connectivity index (χ2n) is 7.09. The van der Waals surface area contributed by atoms with Crippen LogP contribution in [0.15, 0.2) is 11.8 Å². The maximum Gasteiger partial charge on any atom is 0.234 e. The Morgan fingerprint density at radius 2 is 1.76 bits per heavy atom. The van der Waals surface area contributed by atoms with Crippen LogP contribution >= 0.6 is 0 Å². The molecule has 136 valence electrons. The van der Waals surface area contributed by atoms with Gasteiger partial charge >= 0.3 is 0 Å². The van der Waals surface area contributed by atoms with E-state index in [1.807, 2.05) is 0 Å². The molecule has 1 aliphatic heterocycles. The molecule has 0 aromatic heterocycles. The van der Waals surface area contributed by atoms with Crippen molar-refractivity contribution >= 4 is 23.3 Å². The molecule has 3 aliphatic carbocycles. The highest BCUT2D eigenvalue weighted by Gasteiger charge is 2.70. The highest BCUT2D eigenvalue weighted by atomic mass is 16.7. The zero-order chi connectivity index (χ0) is 18.7. The minimum atomic E-state index is -1.58. The molecule has 4 rings (SSSR count). The quantitative estimate of drug-likeness (QED) is 0.695. The predicted molar refractivity (Wildman–Crippen MR) is 86.1 cm³/mol. The van der Waals surface area contributed by atoms with Crippen molar-refractivity contribution < 1.29 is 28.7 Å². The molecule has 0 aromatic carbocycles. The lowest BCUT2D eigenvalue weighted by atomic mass is 9.53. The number of amides is 1. The van der Waals surface area contributed by atoms with E-state index in [4.69, 9.17) is 9.47 Å². The third-order valence-electron chi connectivity index (χ3n) is 6.02. The van der Waals surface area contributed by atoms with Crippen molar-refractivity contribution in [1.82, 2.24) is 4.90 Å². The van der Waals surface area contributed by atoms with Crippen molar-refractivity contribution in [3.05, 3.63) is 11.8 Å². The summed E-state index contributed by atoms with van der Waals surface area (Å²) in [4.78, 5) is 51.1. The lowest BCUT2D eigenvalue weighted by molar-refractivity contribution is -0.274. The summed E-state index contributed by atoms with van der Waals surface area (Å²) in [5, 5.41) is 0. The highest BCUT2D eigenvalue weighted by molar-refractivity contribution is 6.00. The van der Waals surface area contributed by atoms with Gasteiger partial charge in [0, 0.05) is 45.8 Å². The Bertz CT molecular complexity index is 692. The number of hydrogen-bond acceptors (Lipinski definition) is 6. The molecule has 3 saturated carbocycles. The van der Waals surface area contributed by atoms with Gasteiger partial charge in [0.15, 0.2) is 11.6 Å². The number of rotatable bonds is 4. The van der Waals surface area contributed by atoms with Crippen LogP contribution in [0.4, 0.5) is 0 Å². The van der Waals surface area contributed by atoms with E-state index in [0.29, 0.717) is 6.42 Å². The van der Waals surface area contributed by atoms with E-state index in [1.165, 1.54) is 39.9 Å². The van der Waals surface area contributed by atoms with Crippen molar-refractivity contribution in [2.45, 2.75) is 39.0 Å². The number of allylic oxidation sites excluding steroid dienone is 1. The molecule has 1 amide bonds. The minimum Gasteiger partial charge on any atom is -0.347 e. The molecule has 0 radical (unpaired) electrons. The largest absolute Gasteiger partial charge is 0.347 e. The summed E-state index contributed by atoms with van der Waals surface area (Å²) in [5.41, 5.74) is 0.289. The zero-order valence-electron chi connectivity index (χ0n) is 15.1. The summed E-state index contributed by atoms with van der Waals surface area (Å²) >= 11 is 0. The number of methoxy groups -OCH3 is 2. The highest BCUT2D eigenvalue weighted by Crippen LogP contribution is 2.57. The van der Waals surface area contributed by atoms with Gasteiger partial charge in [0.2, 0.25) is 11.7 Å². The molecule has 5 atom stereocenters. The third kappa shape index (κ3) is 2.18. The molecule has 3 fully saturated rings. The second kappa shape index (κ2) is 5.85. The van der Waals surface area contributed by atoms with Crippen LogP contribution in [-0.2, 0) is 28.7 Å². The molecular weight excluding hydrogens is 326 g/mol. The number of hydrogen-bond donors (Lipinski definition) is 0. The van der Waals surface area contributed by atoms with Crippen molar-refractivity contribution in [1.29, 1.82) is 0 Å². The first-order valence-electron chi connectivity index (χ1n) is 8.38. The predicted octanol–water partition coefficient (Wildman–Crippen LogP) is 0.719. The molecule has 7 nitrogen and oxygen atoms in total. The van der Waals surface area contributed by atoms with Crippen LogP contribution in [-0.4, -0.2) is 54.2 Å². The Morgan fingerprint density at radius 1 is 1.16 bits per heavy atom. The first-order valence-corrected chi connectivity index (χ1v) is 8.38. The van der Waals surface area contributed by atoms with Crippen LogP contribution in [0.1, 0.15) is 27.2 Å². The van der Waals surface area contributed by atoms with E-state index in [0.717, 1.165) is 0 Å². The summed E-state index contributed by atoms with van der Waals surface area (Å²) in [6, 6.07) is -0.498. The number of ether oxygens (including phenoxy) is 2. The van der Waals surface area contributed by atoms with Crippen molar-refractivity contribution in [2.75, 3.05) is 14.2 Å². The normalized spacial score (nSPS) is 35.4. The SMILES string of the molecule is COC1(OC)C(=O)[C@H]2CC(C(C)=O)[C@@H]1[C@H]1[C@@H]2C=C(C(C)=O)N1C(C)=O. The van der Waals surface area contributed by atoms with Gasteiger partial charge in [-0.15, -0.1) is 0 Å². The fraction of sp³-hybridized carbons (Fsp3) is 0.667. The summed E-state index contributed by atoms with van der Waals surface area (Å²) in [6.45, 7) is 4.26. The summed E-state index contributed by atoms with van der Waals surface area (Å²) in [6.07, 6.45) is 2.11. The van der Waals surface area contributed by atoms with Crippen LogP contribution in [0.5, 0.6) is 0 Å². The van der Waals surface area contributed by atoms with Crippen LogP contribution in [0.25, 0.3) is 0 Å². The number of nitrogens with zero attached hydrogens (tertiary/aromatic N) is 1. The molecule has 1 heterocycles. The van der Waals surface area contributed by atoms with E-state index in [1.54, 1.807) is 6.08 Å². The maximum atomic E-state index is 13.1. The lowest BCUT2D eigenvalue weighted by Crippen LogP contribution is -2.71. The zero-order valence-corrected chi connectivity index (χ0v) is 15.1. The first-order chi connectivity index (χ1) is 11.7. The smallest absolute Gasteiger partial charge is 0.234 e. The molecule has 1 unspecified atom stereocenters. The van der Waals surface area contributed by atoms with E-state index in [-0.39, 0.29) is 34.9 Å². The number of carbonyl (C=O) groups excluding carboxylic acids is 4. The van der Waals surface area contributed by atoms with Crippen LogP contribution in [0.3, 0.4) is 0 Å². The van der Waals surface area contributed by atoms with Gasteiger partial charge in [0.1, 0.15) is 5.78 Å². The Balaban J connectivity index is 2.20. The number of fused-ring (bicyclic) bond motifs is 2. The van der Waals surface area contributed by atoms with E-state index < -0.39 is 29.6 Å². The van der Waals surface area contributed by atoms with Gasteiger partial charge in [-0.3, -0.25) is 19.2 Å². The standard InChI is InChI=1S/C18H23NO6/c1-8(20)11-6-13-12-7-14(9(2)21)19(10(3)22)16(12)15(11)18(24-4,25-5)17(13)23/h7,11-13,15-16H,6H2,1-5H3/t11?,12-,13+,15-,16-/m1/s1. The van der Waals surface area contributed by atoms with Gasteiger partial charge < -0.3 is 14.4 Å². The number of Topliss-reactive ketones (excluding diaryl/α,β-unsaturated/α-hetero) is 3. The van der Waals surface area contributed by atoms with Gasteiger partial charge in [-0.25, -0.2) is 0 Å². The van der Waals surface area contributed by atoms with Crippen LogP contribution in [0.2, 0.25) is 0 Å². The van der Waals surface area contributed by atoms with Crippen LogP contribution < -0.4 is 0 Å². The van der Waals surface area contributed by atoms with Gasteiger partial charge in [0.05, 0.1) is 17.7 Å². The van der Waals surface area contributed by atoms with Crippen molar-refractivity contribution in [3.8, 4) is 0 Å². The molecule has 7 heteroatoms. The van der Waals surface area contributed by atoms with E-state index in [2.05, 4.69) is 0 Å². The van der Waals surface area contributed by atoms with Gasteiger partial charge in [-0.05, 0) is 13.3 Å². The molecule has 25 heavy (non-hydrogen) atoms. The Morgan fingerprint density at radius 3 is 2.20 bits per heavy atom. The molecular formula is C18H23NO6. The number of carbonyl (C=O) groups is 4.